The van der Waals surface area contributed by atoms with E-state index < -0.39 is 45.2 Å². The topological polar surface area (TPSA) is 119 Å². The second-order valence-electron chi connectivity index (χ2n) is 8.69. The Morgan fingerprint density at radius 3 is 2.61 bits per heavy atom. The van der Waals surface area contributed by atoms with E-state index in [-0.39, 0.29) is 23.8 Å². The summed E-state index contributed by atoms with van der Waals surface area (Å²) in [7, 11) is -3.98. The van der Waals surface area contributed by atoms with Gasteiger partial charge in [0.1, 0.15) is 0 Å². The number of hydrogen-bond acceptors (Lipinski definition) is 7. The fraction of sp³-hybridized carbons (Fsp3) is 0.545. The van der Waals surface area contributed by atoms with Gasteiger partial charge in [-0.1, -0.05) is 29.8 Å². The number of hydrogen-bond donors (Lipinski definition) is 2. The maximum atomic E-state index is 12.8. The van der Waals surface area contributed by atoms with E-state index in [1.807, 2.05) is 19.1 Å². The Morgan fingerprint density at radius 2 is 2.00 bits per heavy atom. The number of aryl methyl sites for hydroxylation is 1. The lowest BCUT2D eigenvalue weighted by Gasteiger charge is -2.54. The summed E-state index contributed by atoms with van der Waals surface area (Å²) in [6.45, 7) is 3.21. The molecule has 0 unspecified atom stereocenters. The Bertz CT molecular complexity index is 1020. The quantitative estimate of drug-likeness (QED) is 0.369. The number of aliphatic hydroxyl groups is 1. The highest BCUT2D eigenvalue weighted by Gasteiger charge is 2.79. The van der Waals surface area contributed by atoms with E-state index in [2.05, 4.69) is 5.32 Å². The summed E-state index contributed by atoms with van der Waals surface area (Å²) < 4.78 is 35.4. The summed E-state index contributed by atoms with van der Waals surface area (Å²) in [5, 5.41) is 13.7. The van der Waals surface area contributed by atoms with Gasteiger partial charge >= 0.3 is 5.97 Å². The van der Waals surface area contributed by atoms with Crippen molar-refractivity contribution in [3.05, 3.63) is 42.0 Å². The third-order valence-corrected chi connectivity index (χ3v) is 8.13. The lowest BCUT2D eigenvalue weighted by Crippen LogP contribution is -2.80. The maximum Gasteiger partial charge on any atom is 0.339 e. The minimum Gasteiger partial charge on any atom is -0.453 e. The van der Waals surface area contributed by atoms with Gasteiger partial charge in [-0.05, 0) is 51.7 Å². The zero-order chi connectivity index (χ0) is 22.4. The molecular formula is C22H27NO7S. The molecule has 9 heteroatoms. The van der Waals surface area contributed by atoms with E-state index in [0.29, 0.717) is 6.42 Å². The third kappa shape index (κ3) is 3.39. The first-order valence-electron chi connectivity index (χ1n) is 10.5. The van der Waals surface area contributed by atoms with E-state index in [1.54, 1.807) is 19.1 Å². The number of benzene rings is 1. The van der Waals surface area contributed by atoms with Crippen LogP contribution in [0.4, 0.5) is 0 Å². The molecule has 1 aliphatic carbocycles. The molecule has 4 rings (SSSR count). The van der Waals surface area contributed by atoms with E-state index in [9.17, 15) is 23.1 Å². The number of allylic oxidation sites excluding steroid dienone is 1. The standard InChI is InChI=1S/C22H27NO7S/c1-14-8-10-16(11-9-14)31(27,28)29-13-12-17-19(25)23-22(20(26)30-21(17,22)2)18(24)15-6-4-3-5-7-15/h4,6,8-11,15,17-18,24H,3,5,7,12-13H2,1-2H3,(H,23,25)/t15-,17+,18+,21+,22+/m1/s1. The molecule has 2 saturated heterocycles. The van der Waals surface area contributed by atoms with Gasteiger partial charge in [0.2, 0.25) is 11.4 Å². The van der Waals surface area contributed by atoms with Gasteiger partial charge in [0.15, 0.2) is 5.60 Å². The summed E-state index contributed by atoms with van der Waals surface area (Å²) >= 11 is 0. The Kier molecular flexibility index (Phi) is 5.47. The van der Waals surface area contributed by atoms with Crippen molar-refractivity contribution in [3.63, 3.8) is 0 Å². The van der Waals surface area contributed by atoms with Crippen LogP contribution in [0.2, 0.25) is 0 Å². The zero-order valence-corrected chi connectivity index (χ0v) is 18.4. The van der Waals surface area contributed by atoms with Gasteiger partial charge < -0.3 is 15.2 Å². The highest BCUT2D eigenvalue weighted by Crippen LogP contribution is 2.53. The number of fused-ring (bicyclic) bond motifs is 1. The van der Waals surface area contributed by atoms with Crippen LogP contribution in [0.3, 0.4) is 0 Å². The van der Waals surface area contributed by atoms with Gasteiger partial charge in [-0.2, -0.15) is 8.42 Å². The molecule has 0 radical (unpaired) electrons. The van der Waals surface area contributed by atoms with E-state index >= 15 is 0 Å². The monoisotopic (exact) mass is 449 g/mol. The second kappa shape index (κ2) is 7.72. The molecule has 8 nitrogen and oxygen atoms in total. The van der Waals surface area contributed by atoms with Gasteiger partial charge in [0.25, 0.3) is 10.1 Å². The fourth-order valence-corrected chi connectivity index (χ4v) is 5.85. The molecule has 2 heterocycles. The highest BCUT2D eigenvalue weighted by molar-refractivity contribution is 7.86. The van der Waals surface area contributed by atoms with Crippen LogP contribution in [-0.2, 0) is 28.6 Å². The summed E-state index contributed by atoms with van der Waals surface area (Å²) in [5.74, 6) is -2.21. The van der Waals surface area contributed by atoms with E-state index in [0.717, 1.165) is 18.4 Å². The van der Waals surface area contributed by atoms with Crippen LogP contribution in [0.5, 0.6) is 0 Å². The molecule has 1 aromatic rings. The minimum atomic E-state index is -3.98. The zero-order valence-electron chi connectivity index (χ0n) is 17.5. The number of aliphatic hydroxyl groups excluding tert-OH is 1. The number of ether oxygens (including phenoxy) is 1. The summed E-state index contributed by atoms with van der Waals surface area (Å²) in [4.78, 5) is 25.3. The van der Waals surface area contributed by atoms with Crippen LogP contribution in [0.1, 0.15) is 38.2 Å². The molecule has 2 aliphatic heterocycles. The van der Waals surface area contributed by atoms with Crippen molar-refractivity contribution in [1.82, 2.24) is 5.32 Å². The smallest absolute Gasteiger partial charge is 0.339 e. The predicted octanol–water partition coefficient (Wildman–Crippen LogP) is 1.61. The van der Waals surface area contributed by atoms with Crippen LogP contribution >= 0.6 is 0 Å². The third-order valence-electron chi connectivity index (χ3n) is 6.81. The summed E-state index contributed by atoms with van der Waals surface area (Å²) in [6, 6.07) is 6.26. The van der Waals surface area contributed by atoms with E-state index in [1.165, 1.54) is 12.1 Å². The number of rotatable bonds is 7. The van der Waals surface area contributed by atoms with Crippen molar-refractivity contribution in [1.29, 1.82) is 0 Å². The summed E-state index contributed by atoms with van der Waals surface area (Å²) in [6.07, 6.45) is 5.26. The van der Waals surface area contributed by atoms with Crippen LogP contribution in [0.25, 0.3) is 0 Å². The molecule has 168 valence electrons. The molecule has 0 saturated carbocycles. The Hall–Kier alpha value is -2.23. The lowest BCUT2D eigenvalue weighted by molar-refractivity contribution is -0.238. The van der Waals surface area contributed by atoms with Crippen molar-refractivity contribution >= 4 is 22.0 Å². The first-order valence-corrected chi connectivity index (χ1v) is 11.9. The predicted molar refractivity (Wildman–Crippen MR) is 110 cm³/mol. The van der Waals surface area contributed by atoms with Gasteiger partial charge in [0.05, 0.1) is 23.5 Å². The van der Waals surface area contributed by atoms with Gasteiger partial charge in [-0.15, -0.1) is 0 Å². The first kappa shape index (κ1) is 22.0. The molecule has 31 heavy (non-hydrogen) atoms. The molecule has 2 fully saturated rings. The average molecular weight is 450 g/mol. The van der Waals surface area contributed by atoms with Gasteiger partial charge in [-0.25, -0.2) is 4.79 Å². The van der Waals surface area contributed by atoms with Crippen LogP contribution in [0.15, 0.2) is 41.3 Å². The van der Waals surface area contributed by atoms with Crippen molar-refractivity contribution in [3.8, 4) is 0 Å². The Labute approximate surface area is 181 Å². The highest BCUT2D eigenvalue weighted by atomic mass is 32.2. The van der Waals surface area contributed by atoms with Crippen molar-refractivity contribution in [2.75, 3.05) is 6.61 Å². The Balaban J connectivity index is 1.48. The molecule has 1 amide bonds. The molecular weight excluding hydrogens is 422 g/mol. The Morgan fingerprint density at radius 1 is 1.29 bits per heavy atom. The lowest BCUT2D eigenvalue weighted by atomic mass is 9.64. The van der Waals surface area contributed by atoms with Crippen LogP contribution < -0.4 is 5.32 Å². The molecule has 3 aliphatic rings. The van der Waals surface area contributed by atoms with Crippen LogP contribution in [0, 0.1) is 18.8 Å². The molecule has 0 bridgehead atoms. The average Bonchev–Trinajstić information content (AvgIpc) is 2.91. The number of nitrogens with one attached hydrogen (secondary N) is 1. The second-order valence-corrected chi connectivity index (χ2v) is 10.3. The molecule has 1 aromatic carbocycles. The van der Waals surface area contributed by atoms with Crippen molar-refractivity contribution < 1.29 is 32.0 Å². The minimum absolute atomic E-state index is 0.0235. The molecule has 0 spiro atoms. The number of amides is 1. The van der Waals surface area contributed by atoms with Crippen LogP contribution in [-0.4, -0.2) is 49.3 Å². The van der Waals surface area contributed by atoms with Crippen molar-refractivity contribution in [2.24, 2.45) is 11.8 Å². The SMILES string of the molecule is Cc1ccc(S(=O)(=O)OCC[C@H]2C(=O)N[C@@]3([C@@H](O)[C@@H]4C=CCCC4)C(=O)O[C@@]23C)cc1. The molecule has 2 N–H and O–H groups in total. The maximum absolute atomic E-state index is 12.8. The fourth-order valence-electron chi connectivity index (χ4n) is 4.93. The van der Waals surface area contributed by atoms with Gasteiger partial charge in [0, 0.05) is 5.92 Å². The van der Waals surface area contributed by atoms with E-state index in [4.69, 9.17) is 8.92 Å². The van der Waals surface area contributed by atoms with Crippen molar-refractivity contribution in [2.45, 2.75) is 61.7 Å². The van der Waals surface area contributed by atoms with Gasteiger partial charge in [-0.3, -0.25) is 8.98 Å². The summed E-state index contributed by atoms with van der Waals surface area (Å²) in [5.41, 5.74) is -1.89. The molecule has 0 aromatic heterocycles. The number of carbonyl (C=O) groups is 2. The largest absolute Gasteiger partial charge is 0.453 e. The number of esters is 1. The first-order chi connectivity index (χ1) is 14.6. The number of carbonyl (C=O) groups excluding carboxylic acids is 2. The molecule has 5 atom stereocenters. The normalized spacial score (nSPS) is 33.3.